The maximum Gasteiger partial charge on any atom is 0.239 e. The van der Waals surface area contributed by atoms with E-state index in [4.69, 9.17) is 5.73 Å². The normalized spacial score (nSPS) is 20.6. The number of phenols is 1. The minimum atomic E-state index is -0.506. The number of hydrogen-bond acceptors (Lipinski definition) is 3. The summed E-state index contributed by atoms with van der Waals surface area (Å²) in [6.45, 7) is 8.29. The molecule has 1 aliphatic heterocycles. The number of nitrogens with two attached hydrogens (primary N) is 1. The van der Waals surface area contributed by atoms with Crippen molar-refractivity contribution in [2.24, 2.45) is 17.1 Å². The van der Waals surface area contributed by atoms with Gasteiger partial charge in [0.25, 0.3) is 0 Å². The highest BCUT2D eigenvalue weighted by atomic mass is 16.3. The lowest BCUT2D eigenvalue weighted by molar-refractivity contribution is -0.131. The maximum atomic E-state index is 12.4. The van der Waals surface area contributed by atoms with Gasteiger partial charge < -0.3 is 15.7 Å². The van der Waals surface area contributed by atoms with Crippen molar-refractivity contribution in [1.82, 2.24) is 4.90 Å². The van der Waals surface area contributed by atoms with Gasteiger partial charge in [0.05, 0.1) is 6.04 Å². The number of rotatable bonds is 3. The number of phenolic OH excluding ortho intramolecular Hbond substituents is 1. The van der Waals surface area contributed by atoms with E-state index in [0.717, 1.165) is 25.1 Å². The second-order valence-electron chi connectivity index (χ2n) is 7.11. The molecule has 1 fully saturated rings. The maximum absolute atomic E-state index is 12.4. The highest BCUT2D eigenvalue weighted by Crippen LogP contribution is 2.33. The van der Waals surface area contributed by atoms with Gasteiger partial charge >= 0.3 is 0 Å². The third kappa shape index (κ3) is 3.97. The van der Waals surface area contributed by atoms with Gasteiger partial charge in [0.2, 0.25) is 5.91 Å². The topological polar surface area (TPSA) is 66.6 Å². The van der Waals surface area contributed by atoms with Crippen LogP contribution in [0.3, 0.4) is 0 Å². The minimum Gasteiger partial charge on any atom is -0.508 e. The molecule has 0 radical (unpaired) electrons. The SMILES string of the molecule is CC(C)(C)C1CCN(C(=O)[C@H](N)Cc2ccc(O)cc2)C1. The lowest BCUT2D eigenvalue weighted by atomic mass is 9.80. The van der Waals surface area contributed by atoms with Gasteiger partial charge in [0, 0.05) is 13.1 Å². The first-order valence-corrected chi connectivity index (χ1v) is 7.59. The van der Waals surface area contributed by atoms with Crippen LogP contribution >= 0.6 is 0 Å². The quantitative estimate of drug-likeness (QED) is 0.896. The second-order valence-corrected chi connectivity index (χ2v) is 7.11. The molecule has 4 heteroatoms. The summed E-state index contributed by atoms with van der Waals surface area (Å²) in [6, 6.07) is 6.36. The molecule has 2 rings (SSSR count). The van der Waals surface area contributed by atoms with Gasteiger partial charge in [-0.05, 0) is 41.9 Å². The molecule has 116 valence electrons. The zero-order valence-corrected chi connectivity index (χ0v) is 13.2. The minimum absolute atomic E-state index is 0.0369. The molecule has 1 aliphatic rings. The zero-order valence-electron chi connectivity index (χ0n) is 13.2. The van der Waals surface area contributed by atoms with E-state index in [1.807, 2.05) is 17.0 Å². The third-order valence-corrected chi connectivity index (χ3v) is 4.43. The summed E-state index contributed by atoms with van der Waals surface area (Å²) in [5, 5.41) is 9.27. The molecule has 4 nitrogen and oxygen atoms in total. The predicted octanol–water partition coefficient (Wildman–Crippen LogP) is 2.16. The van der Waals surface area contributed by atoms with E-state index in [1.165, 1.54) is 0 Å². The van der Waals surface area contributed by atoms with Crippen LogP contribution in [0.2, 0.25) is 0 Å². The van der Waals surface area contributed by atoms with Crippen molar-refractivity contribution in [3.63, 3.8) is 0 Å². The van der Waals surface area contributed by atoms with Gasteiger partial charge in [0.1, 0.15) is 5.75 Å². The Kier molecular flexibility index (Phi) is 4.57. The van der Waals surface area contributed by atoms with Crippen molar-refractivity contribution in [3.8, 4) is 5.75 Å². The van der Waals surface area contributed by atoms with Crippen molar-refractivity contribution in [2.75, 3.05) is 13.1 Å². The monoisotopic (exact) mass is 290 g/mol. The Morgan fingerprint density at radius 3 is 2.52 bits per heavy atom. The van der Waals surface area contributed by atoms with Crippen LogP contribution in [0.15, 0.2) is 24.3 Å². The first-order chi connectivity index (χ1) is 9.77. The first-order valence-electron chi connectivity index (χ1n) is 7.59. The van der Waals surface area contributed by atoms with Crippen LogP contribution in [0.1, 0.15) is 32.8 Å². The molecule has 1 saturated heterocycles. The summed E-state index contributed by atoms with van der Waals surface area (Å²) >= 11 is 0. The number of likely N-dealkylation sites (tertiary alicyclic amines) is 1. The van der Waals surface area contributed by atoms with Crippen LogP contribution in [0.5, 0.6) is 5.75 Å². The highest BCUT2D eigenvalue weighted by molar-refractivity contribution is 5.82. The molecule has 0 bridgehead atoms. The highest BCUT2D eigenvalue weighted by Gasteiger charge is 2.35. The molecule has 1 aromatic carbocycles. The summed E-state index contributed by atoms with van der Waals surface area (Å²) in [5.41, 5.74) is 7.27. The van der Waals surface area contributed by atoms with E-state index in [-0.39, 0.29) is 17.1 Å². The molecule has 0 aliphatic carbocycles. The molecular weight excluding hydrogens is 264 g/mol. The van der Waals surface area contributed by atoms with Crippen LogP contribution in [0.25, 0.3) is 0 Å². The summed E-state index contributed by atoms with van der Waals surface area (Å²) in [4.78, 5) is 14.3. The predicted molar refractivity (Wildman–Crippen MR) is 83.9 cm³/mol. The number of hydrogen-bond donors (Lipinski definition) is 2. The molecule has 1 amide bonds. The molecule has 1 unspecified atom stereocenters. The Morgan fingerprint density at radius 2 is 2.00 bits per heavy atom. The molecule has 0 aromatic heterocycles. The summed E-state index contributed by atoms with van der Waals surface area (Å²) < 4.78 is 0. The van der Waals surface area contributed by atoms with E-state index < -0.39 is 6.04 Å². The number of amides is 1. The van der Waals surface area contributed by atoms with E-state index in [0.29, 0.717) is 12.3 Å². The van der Waals surface area contributed by atoms with Crippen molar-refractivity contribution in [2.45, 2.75) is 39.7 Å². The molecule has 1 heterocycles. The zero-order chi connectivity index (χ0) is 15.6. The Labute approximate surface area is 126 Å². The van der Waals surface area contributed by atoms with Crippen LogP contribution < -0.4 is 5.73 Å². The Morgan fingerprint density at radius 1 is 1.38 bits per heavy atom. The number of carbonyl (C=O) groups is 1. The number of benzene rings is 1. The fraction of sp³-hybridized carbons (Fsp3) is 0.588. The van der Waals surface area contributed by atoms with Crippen LogP contribution in [-0.4, -0.2) is 35.0 Å². The molecule has 0 spiro atoms. The lowest BCUT2D eigenvalue weighted by Crippen LogP contribution is -2.44. The molecule has 0 saturated carbocycles. The van der Waals surface area contributed by atoms with Gasteiger partial charge in [-0.1, -0.05) is 32.9 Å². The van der Waals surface area contributed by atoms with Crippen LogP contribution in [0, 0.1) is 11.3 Å². The molecule has 2 atom stereocenters. The summed E-state index contributed by atoms with van der Waals surface area (Å²) in [7, 11) is 0. The van der Waals surface area contributed by atoms with Crippen molar-refractivity contribution >= 4 is 5.91 Å². The van der Waals surface area contributed by atoms with Crippen molar-refractivity contribution in [1.29, 1.82) is 0 Å². The summed E-state index contributed by atoms with van der Waals surface area (Å²) in [5.74, 6) is 0.809. The van der Waals surface area contributed by atoms with Gasteiger partial charge in [-0.25, -0.2) is 0 Å². The average molecular weight is 290 g/mol. The van der Waals surface area contributed by atoms with E-state index in [9.17, 15) is 9.90 Å². The number of nitrogens with zero attached hydrogens (tertiary/aromatic N) is 1. The standard InChI is InChI=1S/C17H26N2O2/c1-17(2,3)13-8-9-19(11-13)16(21)15(18)10-12-4-6-14(20)7-5-12/h4-7,13,15,20H,8-11,18H2,1-3H3/t13?,15-/m1/s1. The van der Waals surface area contributed by atoms with Gasteiger partial charge in [-0.2, -0.15) is 0 Å². The van der Waals surface area contributed by atoms with Crippen LogP contribution in [0.4, 0.5) is 0 Å². The Hall–Kier alpha value is -1.55. The molecule has 1 aromatic rings. The fourth-order valence-corrected chi connectivity index (χ4v) is 2.88. The molecule has 21 heavy (non-hydrogen) atoms. The lowest BCUT2D eigenvalue weighted by Gasteiger charge is -2.27. The van der Waals surface area contributed by atoms with Gasteiger partial charge in [0.15, 0.2) is 0 Å². The van der Waals surface area contributed by atoms with Gasteiger partial charge in [-0.3, -0.25) is 4.79 Å². The Bertz CT molecular complexity index is 491. The smallest absolute Gasteiger partial charge is 0.239 e. The van der Waals surface area contributed by atoms with Crippen molar-refractivity contribution in [3.05, 3.63) is 29.8 Å². The third-order valence-electron chi connectivity index (χ3n) is 4.43. The average Bonchev–Trinajstić information content (AvgIpc) is 2.90. The van der Waals surface area contributed by atoms with E-state index in [1.54, 1.807) is 12.1 Å². The Balaban J connectivity index is 1.93. The first kappa shape index (κ1) is 15.8. The van der Waals surface area contributed by atoms with E-state index >= 15 is 0 Å². The molecule has 3 N–H and O–H groups in total. The largest absolute Gasteiger partial charge is 0.508 e. The fourth-order valence-electron chi connectivity index (χ4n) is 2.88. The summed E-state index contributed by atoms with van der Waals surface area (Å²) in [6.07, 6.45) is 1.57. The van der Waals surface area contributed by atoms with Gasteiger partial charge in [-0.15, -0.1) is 0 Å². The van der Waals surface area contributed by atoms with Crippen LogP contribution in [-0.2, 0) is 11.2 Å². The molecular formula is C17H26N2O2. The second kappa shape index (κ2) is 6.06. The van der Waals surface area contributed by atoms with Crippen molar-refractivity contribution < 1.29 is 9.90 Å². The van der Waals surface area contributed by atoms with E-state index in [2.05, 4.69) is 20.8 Å². The number of carbonyl (C=O) groups excluding carboxylic acids is 1. The number of aromatic hydroxyl groups is 1.